The van der Waals surface area contributed by atoms with Crippen LogP contribution in [0.5, 0.6) is 0 Å². The molecule has 11 heteroatoms. The van der Waals surface area contributed by atoms with Crippen LogP contribution in [-0.4, -0.2) is 33.0 Å². The van der Waals surface area contributed by atoms with E-state index in [-0.39, 0.29) is 52.0 Å². The van der Waals surface area contributed by atoms with Crippen LogP contribution in [-0.2, 0) is 16.8 Å². The maximum Gasteiger partial charge on any atom is 3.00 e. The molecule has 0 spiro atoms. The van der Waals surface area contributed by atoms with Crippen LogP contribution in [0.3, 0.4) is 0 Å². The van der Waals surface area contributed by atoms with E-state index >= 15 is 0 Å². The third-order valence-electron chi connectivity index (χ3n) is 2.17. The van der Waals surface area contributed by atoms with Gasteiger partial charge in [-0.25, -0.2) is 0 Å². The summed E-state index contributed by atoms with van der Waals surface area (Å²) in [6, 6.07) is 5.72. The van der Waals surface area contributed by atoms with E-state index < -0.39 is 0 Å². The molecule has 0 fully saturated rings. The molecule has 1 rings (SSSR count). The van der Waals surface area contributed by atoms with E-state index in [1.807, 2.05) is 18.2 Å². The van der Waals surface area contributed by atoms with Crippen LogP contribution in [0.15, 0.2) is 51.2 Å². The van der Waals surface area contributed by atoms with Crippen LogP contribution >= 0.6 is 12.4 Å². The van der Waals surface area contributed by atoms with Crippen LogP contribution in [0.4, 0.5) is 0 Å². The molecular weight excluding hydrogens is 385 g/mol. The van der Waals surface area contributed by atoms with Crippen molar-refractivity contribution in [3.63, 3.8) is 0 Å². The van der Waals surface area contributed by atoms with E-state index in [0.29, 0.717) is 0 Å². The molecule has 0 unspecified atom stereocenters. The van der Waals surface area contributed by atoms with Crippen molar-refractivity contribution in [2.24, 2.45) is 20.6 Å². The summed E-state index contributed by atoms with van der Waals surface area (Å²) in [7, 11) is 0. The van der Waals surface area contributed by atoms with Gasteiger partial charge in [0.15, 0.2) is 0 Å². The van der Waals surface area contributed by atoms with Gasteiger partial charge in [0.1, 0.15) is 0 Å². The summed E-state index contributed by atoms with van der Waals surface area (Å²) in [6.07, 6.45) is 3.50. The summed E-state index contributed by atoms with van der Waals surface area (Å²) in [5.41, 5.74) is 0.729. The molecule has 1 heterocycles. The minimum Gasteiger partial charge on any atom is -0.792 e. The van der Waals surface area contributed by atoms with Gasteiger partial charge < -0.3 is 36.3 Å². The monoisotopic (exact) mass is 403 g/mol. The van der Waals surface area contributed by atoms with Crippen LogP contribution in [0, 0.1) is 15.6 Å². The summed E-state index contributed by atoms with van der Waals surface area (Å²) >= 11 is 0. The molecule has 9 nitrogen and oxygen atoms in total. The van der Waals surface area contributed by atoms with Crippen molar-refractivity contribution >= 4 is 35.3 Å². The number of halogens is 1. The second-order valence-corrected chi connectivity index (χ2v) is 3.74. The van der Waals surface area contributed by atoms with Crippen molar-refractivity contribution in [1.82, 2.24) is 4.98 Å². The molecule has 136 valence electrons. The first-order valence-corrected chi connectivity index (χ1v) is 5.99. The Morgan fingerprint density at radius 3 is 1.21 bits per heavy atom. The smallest absolute Gasteiger partial charge is 0.792 e. The standard InChI is InChI=1S/C5H5N.2C4H8N2O2.ClH.Co/c1-2-4-6-5-3-1;2*1-3(5-7)4(2)6-8;;/h1-5H;2*7-8H,1-2H3;1H;/q;;;;+3/p-3/b;2*5-3-,6-4-;;. The van der Waals surface area contributed by atoms with Gasteiger partial charge in [0.05, 0.1) is 11.4 Å². The average Bonchev–Trinajstić information content (AvgIpc) is 2.61. The minimum absolute atomic E-state index is 0. The number of hydrogen-bond acceptors (Lipinski definition) is 9. The van der Waals surface area contributed by atoms with E-state index in [0.717, 1.165) is 0 Å². The normalized spacial score (nSPS) is 11.5. The van der Waals surface area contributed by atoms with Crippen molar-refractivity contribution in [3.8, 4) is 0 Å². The molecular formula is C13H19ClCoN5O4. The molecule has 0 aliphatic heterocycles. The SMILES string of the molecule is CC(=N/[O-])/C(C)=N\O.CC(=N/[O-])/C(C)=N\[O-].Cl.[Co+3].c1ccncc1. The second-order valence-electron chi connectivity index (χ2n) is 3.74. The number of nitrogens with zero attached hydrogens (tertiary/aromatic N) is 5. The topological polar surface area (TPSA) is 152 Å². The number of pyridine rings is 1. The Hall–Kier alpha value is -2.17. The molecule has 0 aliphatic carbocycles. The summed E-state index contributed by atoms with van der Waals surface area (Å²) in [5, 5.41) is 47.1. The van der Waals surface area contributed by atoms with Gasteiger partial charge in [-0.15, -0.1) is 12.4 Å². The van der Waals surface area contributed by atoms with E-state index in [9.17, 15) is 15.6 Å². The summed E-state index contributed by atoms with van der Waals surface area (Å²) in [5.74, 6) is 0. The second kappa shape index (κ2) is 20.8. The van der Waals surface area contributed by atoms with Gasteiger partial charge in [0.25, 0.3) is 0 Å². The van der Waals surface area contributed by atoms with E-state index in [2.05, 4.69) is 25.6 Å². The quantitative estimate of drug-likeness (QED) is 0.456. The fraction of sp³-hybridized carbons (Fsp3) is 0.308. The largest absolute Gasteiger partial charge is 3.00 e. The first-order valence-electron chi connectivity index (χ1n) is 5.99. The predicted octanol–water partition coefficient (Wildman–Crippen LogP) is 3.20. The molecule has 1 aromatic rings. The van der Waals surface area contributed by atoms with Gasteiger partial charge in [-0.1, -0.05) is 11.2 Å². The van der Waals surface area contributed by atoms with Crippen molar-refractivity contribution in [3.05, 3.63) is 46.2 Å². The van der Waals surface area contributed by atoms with Gasteiger partial charge >= 0.3 is 16.8 Å². The molecule has 1 N–H and O–H groups in total. The van der Waals surface area contributed by atoms with Gasteiger partial charge in [-0.3, -0.25) is 4.98 Å². The molecule has 24 heavy (non-hydrogen) atoms. The number of aromatic nitrogens is 1. The molecule has 0 aliphatic rings. The van der Waals surface area contributed by atoms with Crippen LogP contribution in [0.25, 0.3) is 0 Å². The Labute approximate surface area is 157 Å². The zero-order chi connectivity index (χ0) is 17.4. The Bertz CT molecular complexity index is 434. The minimum atomic E-state index is 0. The molecule has 0 radical (unpaired) electrons. The molecule has 0 aromatic carbocycles. The molecule has 0 bridgehead atoms. The first kappa shape index (κ1) is 29.8. The van der Waals surface area contributed by atoms with Gasteiger partial charge in [-0.2, -0.15) is 0 Å². The van der Waals surface area contributed by atoms with Gasteiger partial charge in [0, 0.05) is 23.8 Å². The van der Waals surface area contributed by atoms with Crippen LogP contribution in [0.1, 0.15) is 27.7 Å². The molecule has 0 amide bonds. The summed E-state index contributed by atoms with van der Waals surface area (Å²) < 4.78 is 0. The fourth-order valence-electron chi connectivity index (χ4n) is 0.583. The van der Waals surface area contributed by atoms with Crippen molar-refractivity contribution < 1.29 is 22.0 Å². The van der Waals surface area contributed by atoms with Gasteiger partial charge in [0.2, 0.25) is 0 Å². The van der Waals surface area contributed by atoms with Crippen molar-refractivity contribution in [1.29, 1.82) is 0 Å². The Morgan fingerprint density at radius 2 is 1.08 bits per heavy atom. The fourth-order valence-corrected chi connectivity index (χ4v) is 0.583. The van der Waals surface area contributed by atoms with E-state index in [1.54, 1.807) is 12.4 Å². The van der Waals surface area contributed by atoms with Crippen LogP contribution < -0.4 is 0 Å². The number of oxime groups is 1. The zero-order valence-electron chi connectivity index (χ0n) is 13.5. The maximum atomic E-state index is 9.63. The number of hydrogen-bond donors (Lipinski definition) is 1. The summed E-state index contributed by atoms with van der Waals surface area (Å²) in [4.78, 5) is 3.78. The third-order valence-corrected chi connectivity index (χ3v) is 2.17. The molecule has 0 atom stereocenters. The van der Waals surface area contributed by atoms with Gasteiger partial charge in [-0.05, 0) is 39.8 Å². The molecule has 0 saturated carbocycles. The molecule has 1 aromatic heterocycles. The first-order chi connectivity index (χ1) is 10.4. The van der Waals surface area contributed by atoms with E-state index in [1.165, 1.54) is 27.7 Å². The Kier molecular flexibility index (Phi) is 25.9. The van der Waals surface area contributed by atoms with E-state index in [4.69, 9.17) is 5.21 Å². The van der Waals surface area contributed by atoms with Crippen molar-refractivity contribution in [2.75, 3.05) is 0 Å². The Morgan fingerprint density at radius 1 is 0.750 bits per heavy atom. The summed E-state index contributed by atoms with van der Waals surface area (Å²) in [6.45, 7) is 5.84. The maximum absolute atomic E-state index is 9.63. The van der Waals surface area contributed by atoms with Crippen molar-refractivity contribution in [2.45, 2.75) is 27.7 Å². The Balaban J connectivity index is -0.000000121. The third kappa shape index (κ3) is 17.9. The van der Waals surface area contributed by atoms with Crippen LogP contribution in [0.2, 0.25) is 0 Å². The average molecular weight is 404 g/mol. The zero-order valence-corrected chi connectivity index (χ0v) is 15.4. The number of rotatable bonds is 2. The predicted molar refractivity (Wildman–Crippen MR) is 95.8 cm³/mol. The molecule has 0 saturated heterocycles.